The van der Waals surface area contributed by atoms with E-state index in [4.69, 9.17) is 23.2 Å². The first-order valence-corrected chi connectivity index (χ1v) is 4.90. The molecule has 1 aromatic rings. The van der Waals surface area contributed by atoms with E-state index in [2.05, 4.69) is 20.3 Å². The van der Waals surface area contributed by atoms with Gasteiger partial charge < -0.3 is 5.32 Å². The monoisotopic (exact) mass is 232 g/mol. The molecule has 4 nitrogen and oxygen atoms in total. The second-order valence-corrected chi connectivity index (χ2v) is 3.16. The summed E-state index contributed by atoms with van der Waals surface area (Å²) in [5.74, 6) is 0.402. The Kier molecular flexibility index (Phi) is 4.62. The van der Waals surface area contributed by atoms with E-state index in [9.17, 15) is 0 Å². The van der Waals surface area contributed by atoms with Gasteiger partial charge >= 0.3 is 0 Å². The molecule has 0 aromatic carbocycles. The lowest BCUT2D eigenvalue weighted by Crippen LogP contribution is -2.05. The molecule has 0 aliphatic rings. The van der Waals surface area contributed by atoms with Crippen LogP contribution in [0.2, 0.25) is 10.6 Å². The summed E-state index contributed by atoms with van der Waals surface area (Å²) in [6, 6.07) is 0. The van der Waals surface area contributed by atoms with Crippen LogP contribution in [0, 0.1) is 0 Å². The number of anilines is 1. The van der Waals surface area contributed by atoms with E-state index in [0.29, 0.717) is 5.95 Å². The van der Waals surface area contributed by atoms with Crippen LogP contribution in [-0.4, -0.2) is 21.5 Å². The van der Waals surface area contributed by atoms with Crippen molar-refractivity contribution in [2.45, 2.75) is 13.3 Å². The Labute approximate surface area is 92.4 Å². The highest BCUT2D eigenvalue weighted by atomic mass is 35.5. The summed E-state index contributed by atoms with van der Waals surface area (Å²) in [7, 11) is 0. The average Bonchev–Trinajstić information content (AvgIpc) is 2.11. The highest BCUT2D eigenvalue weighted by Gasteiger charge is 2.00. The van der Waals surface area contributed by atoms with Crippen LogP contribution in [0.4, 0.5) is 5.95 Å². The Morgan fingerprint density at radius 1 is 1.21 bits per heavy atom. The topological polar surface area (TPSA) is 50.7 Å². The summed E-state index contributed by atoms with van der Waals surface area (Å²) in [6.07, 6.45) is 4.92. The predicted molar refractivity (Wildman–Crippen MR) is 57.8 cm³/mol. The number of halogens is 2. The van der Waals surface area contributed by atoms with Crippen molar-refractivity contribution in [3.63, 3.8) is 0 Å². The molecule has 1 N–H and O–H groups in total. The Balaban J connectivity index is 2.50. The van der Waals surface area contributed by atoms with E-state index in [1.54, 1.807) is 0 Å². The molecule has 0 spiro atoms. The fourth-order valence-corrected chi connectivity index (χ4v) is 1.20. The van der Waals surface area contributed by atoms with Gasteiger partial charge in [0.2, 0.25) is 16.5 Å². The smallest absolute Gasteiger partial charge is 0.228 e. The molecule has 0 fully saturated rings. The third-order valence-electron chi connectivity index (χ3n) is 1.41. The maximum absolute atomic E-state index is 5.59. The molecule has 0 bridgehead atoms. The minimum Gasteiger partial charge on any atom is -0.354 e. The second kappa shape index (κ2) is 5.78. The Bertz CT molecular complexity index is 307. The Morgan fingerprint density at radius 2 is 1.86 bits per heavy atom. The van der Waals surface area contributed by atoms with E-state index in [1.807, 2.05) is 19.1 Å². The van der Waals surface area contributed by atoms with Gasteiger partial charge in [-0.25, -0.2) is 0 Å². The summed E-state index contributed by atoms with van der Waals surface area (Å²) < 4.78 is 0. The van der Waals surface area contributed by atoms with Gasteiger partial charge in [0.25, 0.3) is 0 Å². The van der Waals surface area contributed by atoms with Crippen LogP contribution >= 0.6 is 23.2 Å². The van der Waals surface area contributed by atoms with Gasteiger partial charge in [-0.2, -0.15) is 15.0 Å². The maximum Gasteiger partial charge on any atom is 0.228 e. The van der Waals surface area contributed by atoms with Gasteiger partial charge in [0.15, 0.2) is 0 Å². The number of nitrogens with zero attached hydrogens (tertiary/aromatic N) is 3. The van der Waals surface area contributed by atoms with Crippen molar-refractivity contribution >= 4 is 29.2 Å². The molecule has 0 radical (unpaired) electrons. The van der Waals surface area contributed by atoms with Crippen molar-refractivity contribution in [3.8, 4) is 0 Å². The van der Waals surface area contributed by atoms with Gasteiger partial charge in [0.05, 0.1) is 0 Å². The molecule has 0 aliphatic carbocycles. The average molecular weight is 233 g/mol. The summed E-state index contributed by atoms with van der Waals surface area (Å²) >= 11 is 11.2. The van der Waals surface area contributed by atoms with Gasteiger partial charge in [0, 0.05) is 6.54 Å². The highest BCUT2D eigenvalue weighted by molar-refractivity contribution is 6.31. The summed E-state index contributed by atoms with van der Waals surface area (Å²) in [6.45, 7) is 2.71. The third-order valence-corrected chi connectivity index (χ3v) is 1.75. The molecule has 1 aromatic heterocycles. The number of hydrogen-bond acceptors (Lipinski definition) is 4. The zero-order valence-corrected chi connectivity index (χ0v) is 9.18. The number of rotatable bonds is 4. The minimum atomic E-state index is 0.0959. The molecule has 14 heavy (non-hydrogen) atoms. The molecule has 0 unspecified atom stereocenters. The summed E-state index contributed by atoms with van der Waals surface area (Å²) in [5.41, 5.74) is 0. The number of aromatic nitrogens is 3. The van der Waals surface area contributed by atoms with E-state index >= 15 is 0 Å². The van der Waals surface area contributed by atoms with Crippen molar-refractivity contribution in [1.29, 1.82) is 0 Å². The van der Waals surface area contributed by atoms with Crippen LogP contribution in [0.3, 0.4) is 0 Å². The van der Waals surface area contributed by atoms with Gasteiger partial charge in [-0.3, -0.25) is 0 Å². The van der Waals surface area contributed by atoms with Crippen LogP contribution in [0.5, 0.6) is 0 Å². The van der Waals surface area contributed by atoms with E-state index in [1.165, 1.54) is 0 Å². The van der Waals surface area contributed by atoms with Crippen LogP contribution in [0.1, 0.15) is 13.3 Å². The van der Waals surface area contributed by atoms with Crippen molar-refractivity contribution < 1.29 is 0 Å². The largest absolute Gasteiger partial charge is 0.354 e. The van der Waals surface area contributed by atoms with E-state index < -0.39 is 0 Å². The fraction of sp³-hybridized carbons (Fsp3) is 0.375. The van der Waals surface area contributed by atoms with Gasteiger partial charge in [-0.1, -0.05) is 12.2 Å². The molecule has 76 valence electrons. The maximum atomic E-state index is 5.59. The standard InChI is InChI=1S/C8H10Cl2N4/c1-2-3-4-5-11-8-13-6(9)12-7(10)14-8/h2-3H,4-5H2,1H3,(H,11,12,13,14)/b3-2+. The summed E-state index contributed by atoms with van der Waals surface area (Å²) in [5, 5.41) is 3.17. The molecule has 0 saturated carbocycles. The molecule has 1 rings (SSSR count). The summed E-state index contributed by atoms with van der Waals surface area (Å²) in [4.78, 5) is 11.3. The van der Waals surface area contributed by atoms with Crippen molar-refractivity contribution in [1.82, 2.24) is 15.0 Å². The SMILES string of the molecule is C/C=C/CCNc1nc(Cl)nc(Cl)n1. The highest BCUT2D eigenvalue weighted by Crippen LogP contribution is 2.09. The first-order valence-electron chi connectivity index (χ1n) is 4.14. The third kappa shape index (κ3) is 3.89. The predicted octanol–water partition coefficient (Wildman–Crippen LogP) is 2.56. The normalized spacial score (nSPS) is 10.8. The fourth-order valence-electron chi connectivity index (χ4n) is 0.839. The zero-order chi connectivity index (χ0) is 10.4. The lowest BCUT2D eigenvalue weighted by molar-refractivity contribution is 0.982. The van der Waals surface area contributed by atoms with E-state index in [-0.39, 0.29) is 10.6 Å². The molecule has 0 saturated heterocycles. The molecule has 1 heterocycles. The van der Waals surface area contributed by atoms with Gasteiger partial charge in [-0.15, -0.1) is 0 Å². The van der Waals surface area contributed by atoms with Crippen molar-refractivity contribution in [2.75, 3.05) is 11.9 Å². The molecule has 0 aliphatic heterocycles. The van der Waals surface area contributed by atoms with Crippen LogP contribution in [0.15, 0.2) is 12.2 Å². The Hall–Kier alpha value is -0.870. The minimum absolute atomic E-state index is 0.0959. The van der Waals surface area contributed by atoms with E-state index in [0.717, 1.165) is 13.0 Å². The lowest BCUT2D eigenvalue weighted by atomic mass is 10.4. The van der Waals surface area contributed by atoms with Crippen molar-refractivity contribution in [3.05, 3.63) is 22.7 Å². The molecular weight excluding hydrogens is 223 g/mol. The van der Waals surface area contributed by atoms with Crippen LogP contribution < -0.4 is 5.32 Å². The van der Waals surface area contributed by atoms with Gasteiger partial charge in [0.1, 0.15) is 0 Å². The first kappa shape index (κ1) is 11.2. The number of nitrogens with one attached hydrogen (secondary N) is 1. The number of allylic oxidation sites excluding steroid dienone is 1. The zero-order valence-electron chi connectivity index (χ0n) is 7.67. The quantitative estimate of drug-likeness (QED) is 0.641. The molecule has 0 atom stereocenters. The lowest BCUT2D eigenvalue weighted by Gasteiger charge is -2.02. The first-order chi connectivity index (χ1) is 6.72. The second-order valence-electron chi connectivity index (χ2n) is 2.48. The van der Waals surface area contributed by atoms with Crippen LogP contribution in [0.25, 0.3) is 0 Å². The number of hydrogen-bond donors (Lipinski definition) is 1. The van der Waals surface area contributed by atoms with Crippen LogP contribution in [-0.2, 0) is 0 Å². The van der Waals surface area contributed by atoms with Crippen molar-refractivity contribution in [2.24, 2.45) is 0 Å². The molecule has 0 amide bonds. The van der Waals surface area contributed by atoms with Gasteiger partial charge in [-0.05, 0) is 36.5 Å². The molecule has 6 heteroatoms. The molecular formula is C8H10Cl2N4. The Morgan fingerprint density at radius 3 is 2.43 bits per heavy atom.